The zero-order valence-corrected chi connectivity index (χ0v) is 10.8. The van der Waals surface area contributed by atoms with Gasteiger partial charge in [0.1, 0.15) is 6.61 Å². The van der Waals surface area contributed by atoms with Crippen molar-refractivity contribution in [2.45, 2.75) is 26.7 Å². The minimum Gasteiger partial charge on any atom is -0.475 e. The maximum atomic E-state index is 5.54. The van der Waals surface area contributed by atoms with E-state index in [0.29, 0.717) is 25.0 Å². The van der Waals surface area contributed by atoms with E-state index in [4.69, 9.17) is 9.47 Å². The fourth-order valence-electron chi connectivity index (χ4n) is 1.24. The lowest BCUT2D eigenvalue weighted by molar-refractivity contribution is 0.0962. The van der Waals surface area contributed by atoms with E-state index in [2.05, 4.69) is 22.2 Å². The van der Waals surface area contributed by atoms with Gasteiger partial charge in [0.05, 0.1) is 6.61 Å². The van der Waals surface area contributed by atoms with Crippen LogP contribution in [-0.4, -0.2) is 36.8 Å². The summed E-state index contributed by atoms with van der Waals surface area (Å²) in [7, 11) is 1.78. The molecule has 1 rings (SSSR count). The fraction of sp³-hybridized carbons (Fsp3) is 0.667. The first-order valence-corrected chi connectivity index (χ1v) is 5.99. The molecule has 0 saturated carbocycles. The molecule has 0 fully saturated rings. The van der Waals surface area contributed by atoms with Gasteiger partial charge in [0.25, 0.3) is 0 Å². The van der Waals surface area contributed by atoms with E-state index in [9.17, 15) is 0 Å². The molecule has 17 heavy (non-hydrogen) atoms. The van der Waals surface area contributed by atoms with Crippen LogP contribution < -0.4 is 10.1 Å². The molecule has 0 saturated heterocycles. The summed E-state index contributed by atoms with van der Waals surface area (Å²) in [4.78, 5) is 8.32. The van der Waals surface area contributed by atoms with Gasteiger partial charge in [-0.3, -0.25) is 0 Å². The number of hydrogen-bond donors (Lipinski definition) is 1. The van der Waals surface area contributed by atoms with Crippen LogP contribution in [0.15, 0.2) is 6.20 Å². The predicted octanol–water partition coefficient (Wildman–Crippen LogP) is 2.02. The number of rotatable bonds is 8. The monoisotopic (exact) mass is 239 g/mol. The normalized spacial score (nSPS) is 10.3. The van der Waals surface area contributed by atoms with Crippen molar-refractivity contribution in [2.75, 3.05) is 32.2 Å². The van der Waals surface area contributed by atoms with Crippen LogP contribution in [0.1, 0.15) is 25.3 Å². The van der Waals surface area contributed by atoms with Gasteiger partial charge in [-0.25, -0.2) is 4.98 Å². The van der Waals surface area contributed by atoms with Gasteiger partial charge in [-0.15, -0.1) is 0 Å². The first-order chi connectivity index (χ1) is 8.27. The van der Waals surface area contributed by atoms with E-state index in [1.54, 1.807) is 13.2 Å². The number of aryl methyl sites for hydroxylation is 1. The van der Waals surface area contributed by atoms with Crippen LogP contribution >= 0.6 is 0 Å². The van der Waals surface area contributed by atoms with Gasteiger partial charge in [-0.2, -0.15) is 4.98 Å². The predicted molar refractivity (Wildman–Crippen MR) is 67.5 cm³/mol. The summed E-state index contributed by atoms with van der Waals surface area (Å²) < 4.78 is 11.0. The summed E-state index contributed by atoms with van der Waals surface area (Å²) in [5.41, 5.74) is 0.928. The molecule has 1 aromatic heterocycles. The van der Waals surface area contributed by atoms with E-state index >= 15 is 0 Å². The third kappa shape index (κ3) is 4.99. The van der Waals surface area contributed by atoms with E-state index in [1.165, 1.54) is 0 Å². The Kier molecular flexibility index (Phi) is 6.32. The molecule has 0 aliphatic carbocycles. The minimum atomic E-state index is 0.519. The molecule has 0 atom stereocenters. The van der Waals surface area contributed by atoms with Gasteiger partial charge >= 0.3 is 0 Å². The summed E-state index contributed by atoms with van der Waals surface area (Å²) in [5, 5.41) is 2.88. The zero-order chi connectivity index (χ0) is 12.5. The molecule has 1 aromatic rings. The van der Waals surface area contributed by atoms with Crippen molar-refractivity contribution in [2.24, 2.45) is 0 Å². The van der Waals surface area contributed by atoms with E-state index in [0.717, 1.165) is 25.0 Å². The molecule has 0 aliphatic rings. The van der Waals surface area contributed by atoms with Crippen LogP contribution in [-0.2, 0) is 4.74 Å². The molecule has 0 bridgehead atoms. The lowest BCUT2D eigenvalue weighted by Crippen LogP contribution is -2.10. The molecule has 0 radical (unpaired) electrons. The Morgan fingerprint density at radius 2 is 2.12 bits per heavy atom. The summed E-state index contributed by atoms with van der Waals surface area (Å²) >= 11 is 0. The van der Waals surface area contributed by atoms with Crippen LogP contribution in [0, 0.1) is 6.92 Å². The van der Waals surface area contributed by atoms with Gasteiger partial charge < -0.3 is 14.8 Å². The maximum Gasteiger partial charge on any atom is 0.225 e. The second-order valence-corrected chi connectivity index (χ2v) is 3.75. The Labute approximate surface area is 103 Å². The molecule has 5 nitrogen and oxygen atoms in total. The highest BCUT2D eigenvalue weighted by atomic mass is 16.5. The van der Waals surface area contributed by atoms with E-state index in [-0.39, 0.29) is 0 Å². The maximum absolute atomic E-state index is 5.54. The third-order valence-electron chi connectivity index (χ3n) is 2.26. The zero-order valence-electron chi connectivity index (χ0n) is 10.8. The number of aromatic nitrogens is 2. The van der Waals surface area contributed by atoms with Crippen molar-refractivity contribution in [3.63, 3.8) is 0 Å². The molecule has 0 spiro atoms. The highest BCUT2D eigenvalue weighted by Crippen LogP contribution is 2.14. The largest absolute Gasteiger partial charge is 0.475 e. The van der Waals surface area contributed by atoms with Gasteiger partial charge in [0.2, 0.25) is 11.8 Å². The Hall–Kier alpha value is -1.36. The number of anilines is 1. The summed E-state index contributed by atoms with van der Waals surface area (Å²) in [6.45, 7) is 5.98. The average molecular weight is 239 g/mol. The molecule has 0 unspecified atom stereocenters. The molecule has 0 aromatic carbocycles. The van der Waals surface area contributed by atoms with Crippen LogP contribution in [0.4, 0.5) is 5.95 Å². The lowest BCUT2D eigenvalue weighted by atomic mass is 10.4. The Morgan fingerprint density at radius 1 is 1.29 bits per heavy atom. The number of hydrogen-bond acceptors (Lipinski definition) is 5. The molecule has 96 valence electrons. The van der Waals surface area contributed by atoms with Crippen molar-refractivity contribution in [1.82, 2.24) is 9.97 Å². The van der Waals surface area contributed by atoms with Crippen LogP contribution in [0.2, 0.25) is 0 Å². The molecule has 1 N–H and O–H groups in total. The first kappa shape index (κ1) is 13.7. The van der Waals surface area contributed by atoms with Crippen LogP contribution in [0.5, 0.6) is 5.88 Å². The van der Waals surface area contributed by atoms with Crippen molar-refractivity contribution < 1.29 is 9.47 Å². The van der Waals surface area contributed by atoms with Crippen molar-refractivity contribution in [3.05, 3.63) is 11.8 Å². The Bertz CT molecular complexity index is 332. The van der Waals surface area contributed by atoms with Gasteiger partial charge in [0, 0.05) is 25.4 Å². The minimum absolute atomic E-state index is 0.519. The highest BCUT2D eigenvalue weighted by Gasteiger charge is 2.03. The third-order valence-corrected chi connectivity index (χ3v) is 2.26. The summed E-state index contributed by atoms with van der Waals surface area (Å²) in [6.07, 6.45) is 3.99. The second kappa shape index (κ2) is 7.84. The summed E-state index contributed by atoms with van der Waals surface area (Å²) in [5.74, 6) is 1.18. The van der Waals surface area contributed by atoms with Crippen LogP contribution in [0.25, 0.3) is 0 Å². The highest BCUT2D eigenvalue weighted by molar-refractivity contribution is 5.31. The topological polar surface area (TPSA) is 56.3 Å². The number of nitrogens with one attached hydrogen (secondary N) is 1. The van der Waals surface area contributed by atoms with Crippen LogP contribution in [0.3, 0.4) is 0 Å². The molecule has 0 aliphatic heterocycles. The number of ether oxygens (including phenoxy) is 2. The van der Waals surface area contributed by atoms with E-state index < -0.39 is 0 Å². The molecule has 5 heteroatoms. The standard InChI is InChI=1S/C12H21N3O2/c1-4-5-6-16-7-8-17-11-10(2)9-14-12(13-3)15-11/h9H,4-8H2,1-3H3,(H,13,14,15). The molecule has 1 heterocycles. The quantitative estimate of drug-likeness (QED) is 0.703. The molecular weight excluding hydrogens is 218 g/mol. The number of nitrogens with zero attached hydrogens (tertiary/aromatic N) is 2. The SMILES string of the molecule is CCCCOCCOc1nc(NC)ncc1C. The molecule has 0 amide bonds. The first-order valence-electron chi connectivity index (χ1n) is 5.99. The Morgan fingerprint density at radius 3 is 2.82 bits per heavy atom. The smallest absolute Gasteiger partial charge is 0.225 e. The van der Waals surface area contributed by atoms with Crippen molar-refractivity contribution >= 4 is 5.95 Å². The molecular formula is C12H21N3O2. The Balaban J connectivity index is 2.30. The van der Waals surface area contributed by atoms with E-state index in [1.807, 2.05) is 6.92 Å². The summed E-state index contributed by atoms with van der Waals surface area (Å²) in [6, 6.07) is 0. The average Bonchev–Trinajstić information content (AvgIpc) is 2.35. The van der Waals surface area contributed by atoms with Gasteiger partial charge in [-0.1, -0.05) is 13.3 Å². The lowest BCUT2D eigenvalue weighted by Gasteiger charge is -2.09. The van der Waals surface area contributed by atoms with Crippen molar-refractivity contribution in [3.8, 4) is 5.88 Å². The second-order valence-electron chi connectivity index (χ2n) is 3.75. The number of unbranched alkanes of at least 4 members (excludes halogenated alkanes) is 1. The van der Waals surface area contributed by atoms with Gasteiger partial charge in [-0.05, 0) is 13.3 Å². The van der Waals surface area contributed by atoms with Crippen molar-refractivity contribution in [1.29, 1.82) is 0 Å². The van der Waals surface area contributed by atoms with Gasteiger partial charge in [0.15, 0.2) is 0 Å². The fourth-order valence-corrected chi connectivity index (χ4v) is 1.24.